The maximum atomic E-state index is 13.1. The smallest absolute Gasteiger partial charge is 0.261 e. The molecule has 1 heterocycles. The first-order chi connectivity index (χ1) is 10.9. The largest absolute Gasteiger partial charge is 0.449 e. The molecule has 2 aromatic carbocycles. The fraction of sp³-hybridized carbons (Fsp3) is 0.0625. The lowest BCUT2D eigenvalue weighted by Crippen LogP contribution is -2.12. The Morgan fingerprint density at radius 3 is 2.48 bits per heavy atom. The Morgan fingerprint density at radius 2 is 1.87 bits per heavy atom. The van der Waals surface area contributed by atoms with Crippen LogP contribution in [0.15, 0.2) is 64.1 Å². The highest BCUT2D eigenvalue weighted by Crippen LogP contribution is 2.22. The van der Waals surface area contributed by atoms with Gasteiger partial charge in [-0.3, -0.25) is 4.72 Å². The van der Waals surface area contributed by atoms with Crippen molar-refractivity contribution in [1.29, 1.82) is 0 Å². The van der Waals surface area contributed by atoms with Crippen molar-refractivity contribution in [1.82, 2.24) is 4.98 Å². The predicted molar refractivity (Wildman–Crippen MR) is 83.9 cm³/mol. The summed E-state index contributed by atoms with van der Waals surface area (Å²) in [5, 5.41) is 0. The van der Waals surface area contributed by atoms with Gasteiger partial charge in [-0.15, -0.1) is 0 Å². The number of hydrogen-bond acceptors (Lipinski definition) is 4. The van der Waals surface area contributed by atoms with Crippen LogP contribution >= 0.6 is 0 Å². The summed E-state index contributed by atoms with van der Waals surface area (Å²) in [4.78, 5) is 4.25. The zero-order valence-corrected chi connectivity index (χ0v) is 13.0. The summed E-state index contributed by atoms with van der Waals surface area (Å²) in [6.07, 6.45) is 1.50. The van der Waals surface area contributed by atoms with Crippen molar-refractivity contribution in [2.75, 3.05) is 4.72 Å². The summed E-state index contributed by atoms with van der Waals surface area (Å²) >= 11 is 0. The van der Waals surface area contributed by atoms with Crippen LogP contribution in [0.2, 0.25) is 0 Å². The van der Waals surface area contributed by atoms with Gasteiger partial charge in [0.15, 0.2) is 5.89 Å². The molecule has 1 N–H and O–H groups in total. The van der Waals surface area contributed by atoms with Crippen LogP contribution in [0.25, 0.3) is 11.3 Å². The Bertz CT molecular complexity index is 934. The number of nitrogens with zero attached hydrogens (tertiary/aromatic N) is 1. The summed E-state index contributed by atoms with van der Waals surface area (Å²) in [5.41, 5.74) is 1.54. The minimum Gasteiger partial charge on any atom is -0.449 e. The third kappa shape index (κ3) is 3.40. The average Bonchev–Trinajstić information content (AvgIpc) is 2.93. The standard InChI is InChI=1S/C16H13FN2O3S/c1-11-18-16(10-22-11)12-5-7-15(8-6-12)23(20,21)19-14-4-2-3-13(17)9-14/h2-10,19H,1H3. The van der Waals surface area contributed by atoms with Gasteiger partial charge >= 0.3 is 0 Å². The number of rotatable bonds is 4. The monoisotopic (exact) mass is 332 g/mol. The van der Waals surface area contributed by atoms with Crippen molar-refractivity contribution in [2.24, 2.45) is 0 Å². The van der Waals surface area contributed by atoms with Crippen LogP contribution in [0.3, 0.4) is 0 Å². The Balaban J connectivity index is 1.86. The Hall–Kier alpha value is -2.67. The van der Waals surface area contributed by atoms with Crippen LogP contribution in [0.1, 0.15) is 5.89 Å². The molecule has 0 spiro atoms. The molecule has 0 radical (unpaired) electrons. The van der Waals surface area contributed by atoms with E-state index in [9.17, 15) is 12.8 Å². The topological polar surface area (TPSA) is 72.2 Å². The number of hydrogen-bond donors (Lipinski definition) is 1. The molecule has 3 rings (SSSR count). The second-order valence-electron chi connectivity index (χ2n) is 4.89. The maximum absolute atomic E-state index is 13.1. The number of anilines is 1. The highest BCUT2D eigenvalue weighted by atomic mass is 32.2. The van der Waals surface area contributed by atoms with E-state index in [1.165, 1.54) is 36.6 Å². The lowest BCUT2D eigenvalue weighted by Gasteiger charge is -2.08. The lowest BCUT2D eigenvalue weighted by molar-refractivity contribution is 0.521. The van der Waals surface area contributed by atoms with Crippen molar-refractivity contribution >= 4 is 15.7 Å². The molecule has 0 saturated carbocycles. The van der Waals surface area contributed by atoms with Gasteiger partial charge < -0.3 is 4.42 Å². The molecule has 0 saturated heterocycles. The van der Waals surface area contributed by atoms with Gasteiger partial charge in [0, 0.05) is 12.5 Å². The number of sulfonamides is 1. The van der Waals surface area contributed by atoms with Gasteiger partial charge in [0.05, 0.1) is 10.6 Å². The van der Waals surface area contributed by atoms with E-state index in [2.05, 4.69) is 9.71 Å². The first-order valence-electron chi connectivity index (χ1n) is 6.75. The second-order valence-corrected chi connectivity index (χ2v) is 6.57. The van der Waals surface area contributed by atoms with Gasteiger partial charge in [-0.2, -0.15) is 0 Å². The molecule has 0 amide bonds. The van der Waals surface area contributed by atoms with Gasteiger partial charge in [0.2, 0.25) is 0 Å². The molecule has 0 unspecified atom stereocenters. The molecular weight excluding hydrogens is 319 g/mol. The van der Waals surface area contributed by atoms with Crippen molar-refractivity contribution in [2.45, 2.75) is 11.8 Å². The van der Waals surface area contributed by atoms with Gasteiger partial charge in [-0.05, 0) is 30.3 Å². The minimum absolute atomic E-state index is 0.0747. The molecule has 0 bridgehead atoms. The van der Waals surface area contributed by atoms with Crippen LogP contribution in [-0.4, -0.2) is 13.4 Å². The number of aryl methyl sites for hydroxylation is 1. The Kier molecular flexibility index (Phi) is 3.87. The Morgan fingerprint density at radius 1 is 1.13 bits per heavy atom. The van der Waals surface area contributed by atoms with E-state index < -0.39 is 15.8 Å². The summed E-state index contributed by atoms with van der Waals surface area (Å²) in [6, 6.07) is 11.5. The average molecular weight is 332 g/mol. The highest BCUT2D eigenvalue weighted by Gasteiger charge is 2.15. The first kappa shape index (κ1) is 15.2. The van der Waals surface area contributed by atoms with E-state index in [-0.39, 0.29) is 10.6 Å². The van der Waals surface area contributed by atoms with Gasteiger partial charge in [-0.1, -0.05) is 18.2 Å². The summed E-state index contributed by atoms with van der Waals surface area (Å²) in [7, 11) is -3.78. The fourth-order valence-corrected chi connectivity index (χ4v) is 3.12. The third-order valence-corrected chi connectivity index (χ3v) is 4.55. The van der Waals surface area contributed by atoms with Crippen LogP contribution in [-0.2, 0) is 10.0 Å². The molecule has 0 fully saturated rings. The molecule has 118 valence electrons. The van der Waals surface area contributed by atoms with E-state index in [4.69, 9.17) is 4.42 Å². The summed E-state index contributed by atoms with van der Waals surface area (Å²) < 4.78 is 45.2. The molecule has 1 aromatic heterocycles. The van der Waals surface area contributed by atoms with E-state index in [0.717, 1.165) is 11.6 Å². The SMILES string of the molecule is Cc1nc(-c2ccc(S(=O)(=O)Nc3cccc(F)c3)cc2)co1. The zero-order valence-electron chi connectivity index (χ0n) is 12.2. The molecule has 3 aromatic rings. The quantitative estimate of drug-likeness (QED) is 0.792. The predicted octanol–water partition coefficient (Wildman–Crippen LogP) is 3.59. The molecule has 0 aliphatic carbocycles. The van der Waals surface area contributed by atoms with Gasteiger partial charge in [0.1, 0.15) is 17.8 Å². The van der Waals surface area contributed by atoms with Crippen LogP contribution in [0.4, 0.5) is 10.1 Å². The van der Waals surface area contributed by atoms with Gasteiger partial charge in [0.25, 0.3) is 10.0 Å². The second kappa shape index (κ2) is 5.85. The Labute approximate surface area is 132 Å². The van der Waals surface area contributed by atoms with Crippen molar-refractivity contribution in [3.8, 4) is 11.3 Å². The fourth-order valence-electron chi connectivity index (χ4n) is 2.07. The molecular formula is C16H13FN2O3S. The molecule has 0 atom stereocenters. The molecule has 0 aliphatic heterocycles. The molecule has 7 heteroatoms. The first-order valence-corrected chi connectivity index (χ1v) is 8.23. The number of oxazole rings is 1. The minimum atomic E-state index is -3.78. The van der Waals surface area contributed by atoms with E-state index in [0.29, 0.717) is 11.6 Å². The van der Waals surface area contributed by atoms with Crippen molar-refractivity contribution < 1.29 is 17.2 Å². The van der Waals surface area contributed by atoms with Crippen LogP contribution in [0.5, 0.6) is 0 Å². The number of aromatic nitrogens is 1. The van der Waals surface area contributed by atoms with E-state index in [1.807, 2.05) is 0 Å². The summed E-state index contributed by atoms with van der Waals surface area (Å²) in [5.74, 6) is 0.0198. The lowest BCUT2D eigenvalue weighted by atomic mass is 10.2. The number of benzene rings is 2. The maximum Gasteiger partial charge on any atom is 0.261 e. The van der Waals surface area contributed by atoms with E-state index in [1.54, 1.807) is 19.1 Å². The summed E-state index contributed by atoms with van der Waals surface area (Å²) in [6.45, 7) is 1.73. The normalized spacial score (nSPS) is 11.4. The molecule has 5 nitrogen and oxygen atoms in total. The third-order valence-electron chi connectivity index (χ3n) is 3.16. The van der Waals surface area contributed by atoms with Gasteiger partial charge in [-0.25, -0.2) is 17.8 Å². The molecule has 23 heavy (non-hydrogen) atoms. The van der Waals surface area contributed by atoms with Crippen molar-refractivity contribution in [3.63, 3.8) is 0 Å². The van der Waals surface area contributed by atoms with Crippen LogP contribution < -0.4 is 4.72 Å². The zero-order chi connectivity index (χ0) is 16.4. The molecule has 0 aliphatic rings. The van der Waals surface area contributed by atoms with Crippen LogP contribution in [0, 0.1) is 12.7 Å². The number of halogens is 1. The van der Waals surface area contributed by atoms with Crippen molar-refractivity contribution in [3.05, 3.63) is 66.5 Å². The number of nitrogens with one attached hydrogen (secondary N) is 1. The highest BCUT2D eigenvalue weighted by molar-refractivity contribution is 7.92. The van der Waals surface area contributed by atoms with E-state index >= 15 is 0 Å².